The number of aliphatic hydroxyl groups is 1. The van der Waals surface area contributed by atoms with Crippen LogP contribution in [0.4, 0.5) is 0 Å². The van der Waals surface area contributed by atoms with E-state index in [2.05, 4.69) is 4.98 Å². The molecule has 3 nitrogen and oxygen atoms in total. The van der Waals surface area contributed by atoms with Crippen molar-refractivity contribution in [1.82, 2.24) is 4.98 Å². The maximum Gasteiger partial charge on any atom is 0.0731 e. The fourth-order valence-corrected chi connectivity index (χ4v) is 0.997. The summed E-state index contributed by atoms with van der Waals surface area (Å²) in [6.07, 6.45) is -0.556. The fourth-order valence-electron chi connectivity index (χ4n) is 0.997. The van der Waals surface area contributed by atoms with Gasteiger partial charge in [-0.2, -0.15) is 0 Å². The van der Waals surface area contributed by atoms with Crippen LogP contribution in [0.3, 0.4) is 0 Å². The fraction of sp³-hybridized carbons (Fsp3) is 0.444. The van der Waals surface area contributed by atoms with Crippen LogP contribution in [0.15, 0.2) is 18.2 Å². The van der Waals surface area contributed by atoms with Gasteiger partial charge in [-0.25, -0.2) is 0 Å². The van der Waals surface area contributed by atoms with E-state index < -0.39 is 6.10 Å². The van der Waals surface area contributed by atoms with Gasteiger partial charge >= 0.3 is 0 Å². The minimum Gasteiger partial charge on any atom is -0.391 e. The van der Waals surface area contributed by atoms with Crippen LogP contribution in [0.25, 0.3) is 0 Å². The van der Waals surface area contributed by atoms with Crippen LogP contribution >= 0.6 is 0 Å². The highest BCUT2D eigenvalue weighted by molar-refractivity contribution is 5.13. The Balaban J connectivity index is 2.88. The van der Waals surface area contributed by atoms with Crippen molar-refractivity contribution in [2.75, 3.05) is 0 Å². The molecule has 66 valence electrons. The van der Waals surface area contributed by atoms with Gasteiger partial charge in [0.25, 0.3) is 0 Å². The second-order valence-electron chi connectivity index (χ2n) is 2.97. The van der Waals surface area contributed by atoms with Gasteiger partial charge in [-0.1, -0.05) is 6.07 Å². The molecule has 0 aliphatic rings. The van der Waals surface area contributed by atoms with Gasteiger partial charge in [-0.3, -0.25) is 4.98 Å². The number of aliphatic hydroxyl groups excluding tert-OH is 1. The second-order valence-corrected chi connectivity index (χ2v) is 2.97. The van der Waals surface area contributed by atoms with Gasteiger partial charge in [0.05, 0.1) is 17.8 Å². The molecule has 1 aromatic rings. The number of nitrogens with two attached hydrogens (primary N) is 1. The molecule has 0 fully saturated rings. The molecule has 3 heteroatoms. The van der Waals surface area contributed by atoms with Gasteiger partial charge in [0.15, 0.2) is 0 Å². The number of hydrogen-bond donors (Lipinski definition) is 2. The molecule has 0 aromatic carbocycles. The molecule has 1 heterocycles. The topological polar surface area (TPSA) is 59.1 Å². The first kappa shape index (κ1) is 9.16. The van der Waals surface area contributed by atoms with Crippen molar-refractivity contribution >= 4 is 0 Å². The molecule has 0 spiro atoms. The van der Waals surface area contributed by atoms with Crippen LogP contribution < -0.4 is 5.73 Å². The van der Waals surface area contributed by atoms with Gasteiger partial charge in [0.1, 0.15) is 0 Å². The average Bonchev–Trinajstić information content (AvgIpc) is 2.03. The third-order valence-electron chi connectivity index (χ3n) is 1.77. The molecule has 0 aliphatic carbocycles. The number of aryl methyl sites for hydroxylation is 1. The summed E-state index contributed by atoms with van der Waals surface area (Å²) < 4.78 is 0. The molecular weight excluding hydrogens is 152 g/mol. The third kappa shape index (κ3) is 2.03. The van der Waals surface area contributed by atoms with E-state index in [0.29, 0.717) is 0 Å². The Kier molecular flexibility index (Phi) is 2.78. The van der Waals surface area contributed by atoms with Crippen molar-refractivity contribution in [3.05, 3.63) is 29.6 Å². The third-order valence-corrected chi connectivity index (χ3v) is 1.77. The summed E-state index contributed by atoms with van der Waals surface area (Å²) in [4.78, 5) is 4.21. The SMILES string of the molecule is Cc1cccc([C@H](N)C(C)O)n1. The zero-order chi connectivity index (χ0) is 9.14. The number of pyridine rings is 1. The van der Waals surface area contributed by atoms with Gasteiger partial charge in [-0.05, 0) is 26.0 Å². The van der Waals surface area contributed by atoms with Gasteiger partial charge in [0.2, 0.25) is 0 Å². The standard InChI is InChI=1S/C9H14N2O/c1-6-4-3-5-8(11-6)9(10)7(2)12/h3-5,7,9,12H,10H2,1-2H3/t7?,9-/m1/s1. The average molecular weight is 166 g/mol. The lowest BCUT2D eigenvalue weighted by atomic mass is 10.1. The first-order chi connectivity index (χ1) is 5.61. The van der Waals surface area contributed by atoms with Crippen LogP contribution in [0.5, 0.6) is 0 Å². The van der Waals surface area contributed by atoms with E-state index in [0.717, 1.165) is 11.4 Å². The smallest absolute Gasteiger partial charge is 0.0731 e. The predicted molar refractivity (Wildman–Crippen MR) is 47.6 cm³/mol. The first-order valence-electron chi connectivity index (χ1n) is 3.98. The normalized spacial score (nSPS) is 15.7. The number of aromatic nitrogens is 1. The summed E-state index contributed by atoms with van der Waals surface area (Å²) in [7, 11) is 0. The molecular formula is C9H14N2O. The summed E-state index contributed by atoms with van der Waals surface area (Å²) in [5.41, 5.74) is 7.35. The van der Waals surface area contributed by atoms with Crippen molar-refractivity contribution in [3.8, 4) is 0 Å². The van der Waals surface area contributed by atoms with Gasteiger partial charge < -0.3 is 10.8 Å². The maximum atomic E-state index is 9.20. The van der Waals surface area contributed by atoms with Crippen LogP contribution in [-0.4, -0.2) is 16.2 Å². The molecule has 1 unspecified atom stereocenters. The van der Waals surface area contributed by atoms with E-state index in [-0.39, 0.29) is 6.04 Å². The Bertz CT molecular complexity index is 260. The maximum absolute atomic E-state index is 9.20. The Labute approximate surface area is 72.2 Å². The molecule has 1 rings (SSSR count). The van der Waals surface area contributed by atoms with E-state index in [1.807, 2.05) is 25.1 Å². The first-order valence-corrected chi connectivity index (χ1v) is 3.98. The molecule has 0 aliphatic heterocycles. The molecule has 0 radical (unpaired) electrons. The Morgan fingerprint density at radius 2 is 2.17 bits per heavy atom. The Hall–Kier alpha value is -0.930. The van der Waals surface area contributed by atoms with E-state index in [1.54, 1.807) is 6.92 Å². The minimum absolute atomic E-state index is 0.384. The highest BCUT2D eigenvalue weighted by Crippen LogP contribution is 2.11. The molecule has 12 heavy (non-hydrogen) atoms. The van der Waals surface area contributed by atoms with Crippen LogP contribution in [0, 0.1) is 6.92 Å². The number of hydrogen-bond acceptors (Lipinski definition) is 3. The Morgan fingerprint density at radius 1 is 1.50 bits per heavy atom. The molecule has 3 N–H and O–H groups in total. The summed E-state index contributed by atoms with van der Waals surface area (Å²) in [5, 5.41) is 9.20. The molecule has 0 saturated heterocycles. The zero-order valence-electron chi connectivity index (χ0n) is 7.36. The minimum atomic E-state index is -0.556. The molecule has 0 amide bonds. The quantitative estimate of drug-likeness (QED) is 0.682. The molecule has 0 bridgehead atoms. The van der Waals surface area contributed by atoms with Crippen LogP contribution in [0.1, 0.15) is 24.4 Å². The number of rotatable bonds is 2. The highest BCUT2D eigenvalue weighted by atomic mass is 16.3. The van der Waals surface area contributed by atoms with Crippen LogP contribution in [-0.2, 0) is 0 Å². The Morgan fingerprint density at radius 3 is 2.67 bits per heavy atom. The van der Waals surface area contributed by atoms with Gasteiger partial charge in [0, 0.05) is 5.69 Å². The van der Waals surface area contributed by atoms with Gasteiger partial charge in [-0.15, -0.1) is 0 Å². The van der Waals surface area contributed by atoms with E-state index in [1.165, 1.54) is 0 Å². The zero-order valence-corrected chi connectivity index (χ0v) is 7.36. The molecule has 0 saturated carbocycles. The molecule has 1 aromatic heterocycles. The van der Waals surface area contributed by atoms with Crippen molar-refractivity contribution in [1.29, 1.82) is 0 Å². The van der Waals surface area contributed by atoms with E-state index in [9.17, 15) is 5.11 Å². The summed E-state index contributed by atoms with van der Waals surface area (Å²) >= 11 is 0. The summed E-state index contributed by atoms with van der Waals surface area (Å²) in [6.45, 7) is 3.56. The molecule has 2 atom stereocenters. The predicted octanol–water partition coefficient (Wildman–Crippen LogP) is 0.771. The summed E-state index contributed by atoms with van der Waals surface area (Å²) in [5.74, 6) is 0. The number of nitrogens with zero attached hydrogens (tertiary/aromatic N) is 1. The van der Waals surface area contributed by atoms with Crippen molar-refractivity contribution in [2.45, 2.75) is 26.0 Å². The second kappa shape index (κ2) is 3.65. The lowest BCUT2D eigenvalue weighted by molar-refractivity contribution is 0.162. The van der Waals surface area contributed by atoms with Crippen molar-refractivity contribution < 1.29 is 5.11 Å². The van der Waals surface area contributed by atoms with Crippen molar-refractivity contribution in [2.24, 2.45) is 5.73 Å². The summed E-state index contributed by atoms with van der Waals surface area (Å²) in [6, 6.07) is 5.23. The lowest BCUT2D eigenvalue weighted by Crippen LogP contribution is -2.24. The van der Waals surface area contributed by atoms with Crippen molar-refractivity contribution in [3.63, 3.8) is 0 Å². The largest absolute Gasteiger partial charge is 0.391 e. The lowest BCUT2D eigenvalue weighted by Gasteiger charge is -2.13. The van der Waals surface area contributed by atoms with E-state index in [4.69, 9.17) is 5.73 Å². The monoisotopic (exact) mass is 166 g/mol. The highest BCUT2D eigenvalue weighted by Gasteiger charge is 2.12. The van der Waals surface area contributed by atoms with Crippen LogP contribution in [0.2, 0.25) is 0 Å². The van der Waals surface area contributed by atoms with E-state index >= 15 is 0 Å².